The van der Waals surface area contributed by atoms with Crippen LogP contribution in [0.1, 0.15) is 31.2 Å². The van der Waals surface area contributed by atoms with E-state index in [-0.39, 0.29) is 24.8 Å². The van der Waals surface area contributed by atoms with Crippen molar-refractivity contribution in [2.24, 2.45) is 17.7 Å². The lowest BCUT2D eigenvalue weighted by molar-refractivity contribution is -0.184. The van der Waals surface area contributed by atoms with E-state index in [1.165, 1.54) is 0 Å². The van der Waals surface area contributed by atoms with Crippen molar-refractivity contribution in [3.8, 4) is 0 Å². The molecule has 1 fully saturated rings. The lowest BCUT2D eigenvalue weighted by Gasteiger charge is -2.34. The van der Waals surface area contributed by atoms with Crippen LogP contribution < -0.4 is 11.3 Å². The summed E-state index contributed by atoms with van der Waals surface area (Å²) in [5, 5.41) is 0. The fourth-order valence-electron chi connectivity index (χ4n) is 3.13. The quantitative estimate of drug-likeness (QED) is 0.620. The highest BCUT2D eigenvalue weighted by Gasteiger charge is 2.42. The van der Waals surface area contributed by atoms with Crippen LogP contribution in [0.4, 0.5) is 13.2 Å². The van der Waals surface area contributed by atoms with Gasteiger partial charge in [-0.2, -0.15) is 13.2 Å². The zero-order chi connectivity index (χ0) is 15.5. The van der Waals surface area contributed by atoms with Gasteiger partial charge in [0.1, 0.15) is 0 Å². The Hall–Kier alpha value is -0.590. The third kappa shape index (κ3) is 4.69. The largest absolute Gasteiger partial charge is 0.391 e. The van der Waals surface area contributed by atoms with Crippen LogP contribution in [0.5, 0.6) is 0 Å². The third-order valence-corrected chi connectivity index (χ3v) is 4.86. The Morgan fingerprint density at radius 2 is 1.90 bits per heavy atom. The molecular formula is C15H20BrF3N2. The molecule has 1 atom stereocenters. The van der Waals surface area contributed by atoms with E-state index in [4.69, 9.17) is 5.84 Å². The smallest absolute Gasteiger partial charge is 0.271 e. The van der Waals surface area contributed by atoms with E-state index >= 15 is 0 Å². The summed E-state index contributed by atoms with van der Waals surface area (Å²) in [6, 6.07) is 7.95. The lowest BCUT2D eigenvalue weighted by Crippen LogP contribution is -2.44. The highest BCUT2D eigenvalue weighted by molar-refractivity contribution is 9.10. The number of alkyl halides is 3. The average Bonchev–Trinajstić information content (AvgIpc) is 2.44. The third-order valence-electron chi connectivity index (χ3n) is 4.36. The monoisotopic (exact) mass is 364 g/mol. The first-order chi connectivity index (χ1) is 9.90. The summed E-state index contributed by atoms with van der Waals surface area (Å²) in [4.78, 5) is 0. The van der Waals surface area contributed by atoms with Gasteiger partial charge in [0.25, 0.3) is 0 Å². The van der Waals surface area contributed by atoms with Gasteiger partial charge in [-0.15, -0.1) is 0 Å². The topological polar surface area (TPSA) is 38.0 Å². The molecule has 0 aromatic heterocycles. The summed E-state index contributed by atoms with van der Waals surface area (Å²) in [6.45, 7) is 0. The summed E-state index contributed by atoms with van der Waals surface area (Å²) < 4.78 is 39.1. The number of nitrogens with two attached hydrogens (primary N) is 1. The Morgan fingerprint density at radius 1 is 1.24 bits per heavy atom. The molecule has 0 amide bonds. The maximum Gasteiger partial charge on any atom is 0.391 e. The minimum atomic E-state index is -4.05. The molecule has 1 unspecified atom stereocenters. The highest BCUT2D eigenvalue weighted by atomic mass is 79.9. The van der Waals surface area contributed by atoms with Crippen molar-refractivity contribution in [2.75, 3.05) is 0 Å². The Bertz CT molecular complexity index is 456. The molecule has 6 heteroatoms. The first-order valence-corrected chi connectivity index (χ1v) is 7.96. The molecule has 1 aliphatic rings. The van der Waals surface area contributed by atoms with Crippen LogP contribution in [0.2, 0.25) is 0 Å². The predicted octanol–water partition coefficient (Wildman–Crippen LogP) is 4.19. The molecule has 0 aliphatic heterocycles. The first-order valence-electron chi connectivity index (χ1n) is 7.17. The standard InChI is InChI=1S/C15H20BrF3N2/c16-13-3-1-2-10(8-13)9-14(21-20)11-4-6-12(7-5-11)15(17,18)19/h1-3,8,11-12,14,21H,4-7,9,20H2. The minimum Gasteiger partial charge on any atom is -0.271 e. The number of halogens is 4. The van der Waals surface area contributed by atoms with Crippen molar-refractivity contribution in [1.29, 1.82) is 0 Å². The molecule has 0 heterocycles. The Morgan fingerprint density at radius 3 is 2.43 bits per heavy atom. The second kappa shape index (κ2) is 7.11. The molecule has 1 aromatic rings. The van der Waals surface area contributed by atoms with Crippen LogP contribution in [0.15, 0.2) is 28.7 Å². The molecule has 21 heavy (non-hydrogen) atoms. The van der Waals surface area contributed by atoms with Gasteiger partial charge in [-0.3, -0.25) is 11.3 Å². The van der Waals surface area contributed by atoms with Crippen molar-refractivity contribution in [2.45, 2.75) is 44.3 Å². The van der Waals surface area contributed by atoms with Crippen molar-refractivity contribution >= 4 is 15.9 Å². The van der Waals surface area contributed by atoms with Gasteiger partial charge in [0, 0.05) is 10.5 Å². The number of hydrogen-bond donors (Lipinski definition) is 2. The summed E-state index contributed by atoms with van der Waals surface area (Å²) >= 11 is 3.42. The van der Waals surface area contributed by atoms with Crippen LogP contribution in [-0.2, 0) is 6.42 Å². The molecule has 118 valence electrons. The lowest BCUT2D eigenvalue weighted by atomic mass is 9.77. The molecule has 2 rings (SSSR count). The van der Waals surface area contributed by atoms with Crippen molar-refractivity contribution in [3.63, 3.8) is 0 Å². The highest BCUT2D eigenvalue weighted by Crippen LogP contribution is 2.40. The van der Waals surface area contributed by atoms with E-state index < -0.39 is 12.1 Å². The minimum absolute atomic E-state index is 0.0217. The van der Waals surface area contributed by atoms with E-state index in [0.717, 1.165) is 16.5 Å². The van der Waals surface area contributed by atoms with Gasteiger partial charge < -0.3 is 0 Å². The molecule has 1 aliphatic carbocycles. The van der Waals surface area contributed by atoms with Crippen molar-refractivity contribution < 1.29 is 13.2 Å². The van der Waals surface area contributed by atoms with Crippen molar-refractivity contribution in [3.05, 3.63) is 34.3 Å². The van der Waals surface area contributed by atoms with Crippen LogP contribution >= 0.6 is 15.9 Å². The first kappa shape index (κ1) is 16.8. The number of nitrogens with one attached hydrogen (secondary N) is 1. The zero-order valence-corrected chi connectivity index (χ0v) is 13.3. The van der Waals surface area contributed by atoms with Gasteiger partial charge in [-0.25, -0.2) is 0 Å². The second-order valence-corrected chi connectivity index (χ2v) is 6.68. The average molecular weight is 365 g/mol. The SMILES string of the molecule is NNC(Cc1cccc(Br)c1)C1CCC(C(F)(F)F)CC1. The van der Waals surface area contributed by atoms with Gasteiger partial charge in [-0.1, -0.05) is 28.1 Å². The summed E-state index contributed by atoms with van der Waals surface area (Å²) in [5.74, 6) is 4.69. The maximum atomic E-state index is 12.7. The van der Waals surface area contributed by atoms with Crippen LogP contribution in [0, 0.1) is 11.8 Å². The number of rotatable bonds is 4. The second-order valence-electron chi connectivity index (χ2n) is 5.76. The number of hydrazine groups is 1. The molecule has 1 aromatic carbocycles. The molecule has 1 saturated carbocycles. The number of benzene rings is 1. The van der Waals surface area contributed by atoms with Gasteiger partial charge in [0.15, 0.2) is 0 Å². The summed E-state index contributed by atoms with van der Waals surface area (Å²) in [5.41, 5.74) is 3.93. The van der Waals surface area contributed by atoms with E-state index in [9.17, 15) is 13.2 Å². The van der Waals surface area contributed by atoms with Gasteiger partial charge in [0.05, 0.1) is 5.92 Å². The molecule has 2 nitrogen and oxygen atoms in total. The Balaban J connectivity index is 1.94. The molecule has 0 bridgehead atoms. The molecular weight excluding hydrogens is 345 g/mol. The molecule has 0 saturated heterocycles. The van der Waals surface area contributed by atoms with E-state index in [2.05, 4.69) is 21.4 Å². The van der Waals surface area contributed by atoms with Gasteiger partial charge >= 0.3 is 6.18 Å². The maximum absolute atomic E-state index is 12.7. The predicted molar refractivity (Wildman–Crippen MR) is 80.5 cm³/mol. The fraction of sp³-hybridized carbons (Fsp3) is 0.600. The molecule has 3 N–H and O–H groups in total. The normalized spacial score (nSPS) is 24.8. The number of hydrogen-bond acceptors (Lipinski definition) is 2. The summed E-state index contributed by atoms with van der Waals surface area (Å²) in [7, 11) is 0. The van der Waals surface area contributed by atoms with Crippen LogP contribution in [0.25, 0.3) is 0 Å². The van der Waals surface area contributed by atoms with E-state index in [1.54, 1.807) is 0 Å². The van der Waals surface area contributed by atoms with Gasteiger partial charge in [-0.05, 0) is 55.7 Å². The molecule has 0 spiro atoms. The van der Waals surface area contributed by atoms with Crippen LogP contribution in [-0.4, -0.2) is 12.2 Å². The molecule has 0 radical (unpaired) electrons. The van der Waals surface area contributed by atoms with Crippen LogP contribution in [0.3, 0.4) is 0 Å². The van der Waals surface area contributed by atoms with Gasteiger partial charge in [0.2, 0.25) is 0 Å². The Labute approximate surface area is 131 Å². The fourth-order valence-corrected chi connectivity index (χ4v) is 3.58. The van der Waals surface area contributed by atoms with E-state index in [0.29, 0.717) is 12.8 Å². The van der Waals surface area contributed by atoms with E-state index in [1.807, 2.05) is 24.3 Å². The van der Waals surface area contributed by atoms with Crippen molar-refractivity contribution in [1.82, 2.24) is 5.43 Å². The zero-order valence-electron chi connectivity index (χ0n) is 11.7. The Kier molecular flexibility index (Phi) is 5.68. The summed E-state index contributed by atoms with van der Waals surface area (Å²) in [6.07, 6.45) is -1.74.